The first-order chi connectivity index (χ1) is 7.88. The van der Waals surface area contributed by atoms with Gasteiger partial charge in [0.2, 0.25) is 0 Å². The van der Waals surface area contributed by atoms with E-state index in [1.807, 2.05) is 36.1 Å². The fourth-order valence-electron chi connectivity index (χ4n) is 1.69. The molecule has 0 radical (unpaired) electrons. The molecule has 1 rings (SSSR count). The van der Waals surface area contributed by atoms with Crippen molar-refractivity contribution >= 4 is 17.3 Å². The number of nitrogens with two attached hydrogens (primary N) is 1. The molecule has 17 heavy (non-hydrogen) atoms. The van der Waals surface area contributed by atoms with E-state index < -0.39 is 11.4 Å². The second-order valence-electron chi connectivity index (χ2n) is 4.76. The summed E-state index contributed by atoms with van der Waals surface area (Å²) in [7, 11) is 0. The Labute approximate surface area is 102 Å². The number of nitrogen functional groups attached to an aromatic ring is 1. The molecule has 94 valence electrons. The fraction of sp³-hybridized carbons (Fsp3) is 0.462. The lowest BCUT2D eigenvalue weighted by Gasteiger charge is -2.31. The van der Waals surface area contributed by atoms with Gasteiger partial charge in [0.05, 0.1) is 16.8 Å². The first-order valence-corrected chi connectivity index (χ1v) is 5.71. The second kappa shape index (κ2) is 5.08. The molecular formula is C13H20N2O2. The highest BCUT2D eigenvalue weighted by Crippen LogP contribution is 2.26. The number of carbonyl (C=O) groups is 1. The molecule has 1 aromatic rings. The van der Waals surface area contributed by atoms with Crippen molar-refractivity contribution in [1.29, 1.82) is 0 Å². The van der Waals surface area contributed by atoms with Crippen LogP contribution in [-0.2, 0) is 4.79 Å². The van der Waals surface area contributed by atoms with Gasteiger partial charge in [0.25, 0.3) is 0 Å². The van der Waals surface area contributed by atoms with Gasteiger partial charge in [0.1, 0.15) is 0 Å². The zero-order chi connectivity index (χ0) is 13.1. The van der Waals surface area contributed by atoms with Crippen LogP contribution in [0.3, 0.4) is 0 Å². The minimum atomic E-state index is -0.801. The molecule has 0 spiro atoms. The van der Waals surface area contributed by atoms with Crippen LogP contribution < -0.4 is 10.6 Å². The summed E-state index contributed by atoms with van der Waals surface area (Å²) in [5.74, 6) is -0.801. The maximum absolute atomic E-state index is 11.1. The van der Waals surface area contributed by atoms with Crippen molar-refractivity contribution < 1.29 is 9.90 Å². The van der Waals surface area contributed by atoms with Crippen molar-refractivity contribution in [2.45, 2.75) is 20.8 Å². The number of benzene rings is 1. The Morgan fingerprint density at radius 1 is 1.41 bits per heavy atom. The van der Waals surface area contributed by atoms with Crippen molar-refractivity contribution in [3.8, 4) is 0 Å². The number of hydrogen-bond acceptors (Lipinski definition) is 3. The van der Waals surface area contributed by atoms with Crippen LogP contribution in [0.5, 0.6) is 0 Å². The highest BCUT2D eigenvalue weighted by Gasteiger charge is 2.29. The van der Waals surface area contributed by atoms with Crippen molar-refractivity contribution in [3.63, 3.8) is 0 Å². The van der Waals surface area contributed by atoms with E-state index in [4.69, 9.17) is 10.8 Å². The van der Waals surface area contributed by atoms with Gasteiger partial charge in [-0.2, -0.15) is 0 Å². The standard InChI is InChI=1S/C13H20N2O2/c1-4-15(9-13(2,3)12(16)17)11-8-6-5-7-10(11)14/h5-8H,4,9,14H2,1-3H3,(H,16,17). The zero-order valence-corrected chi connectivity index (χ0v) is 10.6. The average molecular weight is 236 g/mol. The Morgan fingerprint density at radius 2 is 2.00 bits per heavy atom. The largest absolute Gasteiger partial charge is 0.481 e. The van der Waals surface area contributed by atoms with E-state index in [2.05, 4.69) is 0 Å². The third-order valence-electron chi connectivity index (χ3n) is 2.82. The second-order valence-corrected chi connectivity index (χ2v) is 4.76. The number of para-hydroxylation sites is 2. The highest BCUT2D eigenvalue weighted by molar-refractivity contribution is 5.75. The minimum Gasteiger partial charge on any atom is -0.481 e. The predicted octanol–water partition coefficient (Wildman–Crippen LogP) is 2.21. The monoisotopic (exact) mass is 236 g/mol. The Bertz CT molecular complexity index is 402. The van der Waals surface area contributed by atoms with E-state index in [0.717, 1.165) is 12.2 Å². The van der Waals surface area contributed by atoms with Crippen molar-refractivity contribution in [2.75, 3.05) is 23.7 Å². The van der Waals surface area contributed by atoms with E-state index in [9.17, 15) is 4.79 Å². The van der Waals surface area contributed by atoms with Gasteiger partial charge in [0.15, 0.2) is 0 Å². The summed E-state index contributed by atoms with van der Waals surface area (Å²) in [6.07, 6.45) is 0. The summed E-state index contributed by atoms with van der Waals surface area (Å²) in [5.41, 5.74) is 6.68. The van der Waals surface area contributed by atoms with Gasteiger partial charge >= 0.3 is 5.97 Å². The van der Waals surface area contributed by atoms with Crippen LogP contribution in [0.2, 0.25) is 0 Å². The molecule has 0 saturated carbocycles. The van der Waals surface area contributed by atoms with E-state index in [-0.39, 0.29) is 0 Å². The van der Waals surface area contributed by atoms with Crippen molar-refractivity contribution in [2.24, 2.45) is 5.41 Å². The van der Waals surface area contributed by atoms with Crippen molar-refractivity contribution in [3.05, 3.63) is 24.3 Å². The van der Waals surface area contributed by atoms with E-state index >= 15 is 0 Å². The maximum atomic E-state index is 11.1. The summed E-state index contributed by atoms with van der Waals surface area (Å²) in [6, 6.07) is 7.51. The number of hydrogen-bond donors (Lipinski definition) is 2. The summed E-state index contributed by atoms with van der Waals surface area (Å²) in [5, 5.41) is 9.14. The van der Waals surface area contributed by atoms with Gasteiger partial charge in [-0.05, 0) is 32.9 Å². The van der Waals surface area contributed by atoms with E-state index in [1.165, 1.54) is 0 Å². The van der Waals surface area contributed by atoms with Crippen LogP contribution in [0.1, 0.15) is 20.8 Å². The smallest absolute Gasteiger partial charge is 0.310 e. The summed E-state index contributed by atoms with van der Waals surface area (Å²) in [6.45, 7) is 6.59. The fourth-order valence-corrected chi connectivity index (χ4v) is 1.69. The molecule has 4 nitrogen and oxygen atoms in total. The van der Waals surface area contributed by atoms with E-state index in [0.29, 0.717) is 12.2 Å². The van der Waals surface area contributed by atoms with Gasteiger partial charge in [-0.25, -0.2) is 0 Å². The quantitative estimate of drug-likeness (QED) is 0.769. The first-order valence-electron chi connectivity index (χ1n) is 5.71. The average Bonchev–Trinajstić information content (AvgIpc) is 2.26. The molecule has 0 heterocycles. The van der Waals surface area contributed by atoms with Gasteiger partial charge in [-0.3, -0.25) is 4.79 Å². The van der Waals surface area contributed by atoms with Crippen LogP contribution in [0.25, 0.3) is 0 Å². The van der Waals surface area contributed by atoms with Crippen LogP contribution in [0.4, 0.5) is 11.4 Å². The number of nitrogens with zero attached hydrogens (tertiary/aromatic N) is 1. The molecule has 0 aliphatic rings. The minimum absolute atomic E-state index is 0.438. The van der Waals surface area contributed by atoms with Crippen LogP contribution >= 0.6 is 0 Å². The Kier molecular flexibility index (Phi) is 3.99. The highest BCUT2D eigenvalue weighted by atomic mass is 16.4. The Morgan fingerprint density at radius 3 is 2.47 bits per heavy atom. The molecule has 0 bridgehead atoms. The molecule has 0 aliphatic carbocycles. The van der Waals surface area contributed by atoms with E-state index in [1.54, 1.807) is 13.8 Å². The molecule has 0 unspecified atom stereocenters. The molecule has 3 N–H and O–H groups in total. The van der Waals surface area contributed by atoms with Gasteiger partial charge in [-0.1, -0.05) is 12.1 Å². The third-order valence-corrected chi connectivity index (χ3v) is 2.82. The summed E-state index contributed by atoms with van der Waals surface area (Å²) < 4.78 is 0. The Balaban J connectivity index is 2.94. The van der Waals surface area contributed by atoms with Gasteiger partial charge < -0.3 is 15.7 Å². The number of anilines is 2. The lowest BCUT2D eigenvalue weighted by Crippen LogP contribution is -2.39. The number of aliphatic carboxylic acids is 1. The normalized spacial score (nSPS) is 11.2. The third kappa shape index (κ3) is 3.12. The van der Waals surface area contributed by atoms with Gasteiger partial charge in [-0.15, -0.1) is 0 Å². The zero-order valence-electron chi connectivity index (χ0n) is 10.6. The SMILES string of the molecule is CCN(CC(C)(C)C(=O)O)c1ccccc1N. The molecule has 0 atom stereocenters. The number of carboxylic acid groups (broad SMARTS) is 1. The van der Waals surface area contributed by atoms with Crippen LogP contribution in [0.15, 0.2) is 24.3 Å². The molecule has 0 aliphatic heterocycles. The Hall–Kier alpha value is -1.71. The lowest BCUT2D eigenvalue weighted by molar-refractivity contribution is -0.146. The molecule has 1 aromatic carbocycles. The van der Waals surface area contributed by atoms with Gasteiger partial charge in [0, 0.05) is 13.1 Å². The molecule has 0 fully saturated rings. The summed E-state index contributed by atoms with van der Waals surface area (Å²) >= 11 is 0. The predicted molar refractivity (Wildman–Crippen MR) is 70.2 cm³/mol. The van der Waals surface area contributed by atoms with Crippen LogP contribution in [0, 0.1) is 5.41 Å². The molecule has 4 heteroatoms. The number of carboxylic acids is 1. The first kappa shape index (κ1) is 13.4. The molecule has 0 amide bonds. The van der Waals surface area contributed by atoms with Crippen LogP contribution in [-0.4, -0.2) is 24.2 Å². The van der Waals surface area contributed by atoms with Crippen molar-refractivity contribution in [1.82, 2.24) is 0 Å². The number of rotatable bonds is 5. The molecular weight excluding hydrogens is 216 g/mol. The molecule has 0 saturated heterocycles. The maximum Gasteiger partial charge on any atom is 0.310 e. The lowest BCUT2D eigenvalue weighted by atomic mass is 9.93. The summed E-state index contributed by atoms with van der Waals surface area (Å²) in [4.78, 5) is 13.1. The molecule has 0 aromatic heterocycles. The topological polar surface area (TPSA) is 66.6 Å².